The van der Waals surface area contributed by atoms with Gasteiger partial charge in [0, 0.05) is 24.5 Å². The lowest BCUT2D eigenvalue weighted by Crippen LogP contribution is -2.47. The van der Waals surface area contributed by atoms with Crippen molar-refractivity contribution in [3.63, 3.8) is 0 Å². The Bertz CT molecular complexity index is 1000. The van der Waals surface area contributed by atoms with Crippen LogP contribution >= 0.6 is 0 Å². The summed E-state index contributed by atoms with van der Waals surface area (Å²) in [7, 11) is 3.85. The Morgan fingerprint density at radius 3 is 1.91 bits per heavy atom. The summed E-state index contributed by atoms with van der Waals surface area (Å²) in [6.45, 7) is 6.59. The number of halogens is 1. The average molecular weight is 448 g/mol. The van der Waals surface area contributed by atoms with Gasteiger partial charge in [0.25, 0.3) is 0 Å². The lowest BCUT2D eigenvalue weighted by atomic mass is 10.0. The molecular formula is C28H34FN3O. The molecule has 3 aromatic carbocycles. The van der Waals surface area contributed by atoms with Gasteiger partial charge >= 0.3 is 0 Å². The molecular weight excluding hydrogens is 413 g/mol. The van der Waals surface area contributed by atoms with Gasteiger partial charge < -0.3 is 9.80 Å². The molecule has 3 aromatic rings. The van der Waals surface area contributed by atoms with Crippen molar-refractivity contribution in [2.75, 3.05) is 37.0 Å². The zero-order valence-corrected chi connectivity index (χ0v) is 20.0. The van der Waals surface area contributed by atoms with Crippen LogP contribution in [0.1, 0.15) is 25.0 Å². The molecule has 0 bridgehead atoms. The van der Waals surface area contributed by atoms with Crippen LogP contribution in [0.5, 0.6) is 0 Å². The molecule has 0 saturated carbocycles. The lowest BCUT2D eigenvalue weighted by Gasteiger charge is -2.31. The molecule has 0 aromatic heterocycles. The van der Waals surface area contributed by atoms with Crippen LogP contribution in [-0.4, -0.2) is 44.0 Å². The second-order valence-corrected chi connectivity index (χ2v) is 8.41. The third-order valence-corrected chi connectivity index (χ3v) is 5.99. The molecule has 1 unspecified atom stereocenters. The molecule has 0 aliphatic heterocycles. The summed E-state index contributed by atoms with van der Waals surface area (Å²) in [6, 6.07) is 24.2. The van der Waals surface area contributed by atoms with Crippen LogP contribution in [-0.2, 0) is 17.8 Å². The molecule has 0 saturated heterocycles. The smallest absolute Gasteiger partial charge is 0.244 e. The first-order valence-electron chi connectivity index (χ1n) is 11.5. The molecule has 0 N–H and O–H groups in total. The maximum absolute atomic E-state index is 13.8. The summed E-state index contributed by atoms with van der Waals surface area (Å²) in [5, 5.41) is 0. The van der Waals surface area contributed by atoms with E-state index in [0.29, 0.717) is 18.7 Å². The van der Waals surface area contributed by atoms with Crippen molar-refractivity contribution in [1.29, 1.82) is 0 Å². The molecule has 0 aliphatic carbocycles. The zero-order chi connectivity index (χ0) is 23.8. The topological polar surface area (TPSA) is 26.8 Å². The van der Waals surface area contributed by atoms with Crippen LogP contribution in [0.25, 0.3) is 0 Å². The Morgan fingerprint density at radius 2 is 1.36 bits per heavy atom. The molecule has 4 nitrogen and oxygen atoms in total. The van der Waals surface area contributed by atoms with Crippen molar-refractivity contribution in [3.05, 3.63) is 95.8 Å². The fraction of sp³-hybridized carbons (Fsp3) is 0.321. The predicted octanol–water partition coefficient (Wildman–Crippen LogP) is 5.38. The number of nitrogens with zero attached hydrogens (tertiary/aromatic N) is 3. The highest BCUT2D eigenvalue weighted by atomic mass is 19.1. The maximum Gasteiger partial charge on any atom is 0.244 e. The number of hydrogen-bond acceptors (Lipinski definition) is 3. The Hall–Kier alpha value is -3.18. The Kier molecular flexibility index (Phi) is 8.61. The van der Waals surface area contributed by atoms with Gasteiger partial charge in [-0.15, -0.1) is 0 Å². The molecule has 0 radical (unpaired) electrons. The van der Waals surface area contributed by atoms with Crippen LogP contribution in [0.4, 0.5) is 15.8 Å². The highest BCUT2D eigenvalue weighted by Gasteiger charge is 2.28. The van der Waals surface area contributed by atoms with Gasteiger partial charge in [0.05, 0.1) is 12.6 Å². The van der Waals surface area contributed by atoms with Gasteiger partial charge in [0.2, 0.25) is 5.91 Å². The molecule has 3 rings (SSSR count). The van der Waals surface area contributed by atoms with E-state index in [1.165, 1.54) is 17.8 Å². The summed E-state index contributed by atoms with van der Waals surface area (Å²) in [4.78, 5) is 19.8. The van der Waals surface area contributed by atoms with Crippen LogP contribution in [0, 0.1) is 5.82 Å². The van der Waals surface area contributed by atoms with Gasteiger partial charge in [-0.2, -0.15) is 0 Å². The second-order valence-electron chi connectivity index (χ2n) is 8.41. The predicted molar refractivity (Wildman–Crippen MR) is 135 cm³/mol. The Labute approximate surface area is 197 Å². The summed E-state index contributed by atoms with van der Waals surface area (Å²) < 4.78 is 13.6. The van der Waals surface area contributed by atoms with E-state index in [-0.39, 0.29) is 17.8 Å². The van der Waals surface area contributed by atoms with Gasteiger partial charge in [-0.1, -0.05) is 42.5 Å². The van der Waals surface area contributed by atoms with Crippen LogP contribution in [0.15, 0.2) is 78.9 Å². The summed E-state index contributed by atoms with van der Waals surface area (Å²) in [6.07, 6.45) is 0.602. The van der Waals surface area contributed by atoms with Crippen molar-refractivity contribution in [2.45, 2.75) is 32.9 Å². The molecule has 33 heavy (non-hydrogen) atoms. The van der Waals surface area contributed by atoms with Gasteiger partial charge in [0.1, 0.15) is 5.82 Å². The molecule has 0 aliphatic rings. The minimum atomic E-state index is -0.340. The van der Waals surface area contributed by atoms with Gasteiger partial charge in [0.15, 0.2) is 0 Å². The van der Waals surface area contributed by atoms with Crippen LogP contribution < -0.4 is 9.80 Å². The minimum Gasteiger partial charge on any atom is -0.372 e. The van der Waals surface area contributed by atoms with Crippen molar-refractivity contribution < 1.29 is 9.18 Å². The van der Waals surface area contributed by atoms with E-state index in [2.05, 4.69) is 43.0 Å². The van der Waals surface area contributed by atoms with E-state index in [1.54, 1.807) is 17.0 Å². The first kappa shape index (κ1) is 24.5. The number of hydrogen-bond donors (Lipinski definition) is 0. The molecule has 1 atom stereocenters. The van der Waals surface area contributed by atoms with E-state index in [1.807, 2.05) is 49.3 Å². The molecule has 174 valence electrons. The zero-order valence-electron chi connectivity index (χ0n) is 20.0. The molecule has 0 spiro atoms. The number of likely N-dealkylation sites (N-methyl/N-ethyl adjacent to an activating group) is 1. The van der Waals surface area contributed by atoms with Crippen molar-refractivity contribution >= 4 is 17.3 Å². The molecule has 1 amide bonds. The number of anilines is 2. The van der Waals surface area contributed by atoms with E-state index in [4.69, 9.17) is 0 Å². The fourth-order valence-corrected chi connectivity index (χ4v) is 4.01. The maximum atomic E-state index is 13.8. The third-order valence-electron chi connectivity index (χ3n) is 5.99. The normalized spacial score (nSPS) is 11.9. The van der Waals surface area contributed by atoms with E-state index >= 15 is 0 Å². The van der Waals surface area contributed by atoms with Crippen LogP contribution in [0.2, 0.25) is 0 Å². The molecule has 5 heteroatoms. The minimum absolute atomic E-state index is 0.0109. The number of amides is 1. The van der Waals surface area contributed by atoms with Crippen molar-refractivity contribution in [3.8, 4) is 0 Å². The second kappa shape index (κ2) is 11.6. The van der Waals surface area contributed by atoms with Gasteiger partial charge in [-0.05, 0) is 81.9 Å². The first-order chi connectivity index (χ1) is 15.9. The van der Waals surface area contributed by atoms with Gasteiger partial charge in [-0.25, -0.2) is 4.39 Å². The highest BCUT2D eigenvalue weighted by Crippen LogP contribution is 2.23. The monoisotopic (exact) mass is 447 g/mol. The quantitative estimate of drug-likeness (QED) is 0.418. The van der Waals surface area contributed by atoms with E-state index < -0.39 is 0 Å². The number of carbonyl (C=O) groups is 1. The number of rotatable bonds is 10. The number of carbonyl (C=O) groups excluding carboxylic acids is 1. The Balaban J connectivity index is 1.90. The Morgan fingerprint density at radius 1 is 0.788 bits per heavy atom. The summed E-state index contributed by atoms with van der Waals surface area (Å²) in [5.74, 6) is -0.327. The highest BCUT2D eigenvalue weighted by molar-refractivity contribution is 5.97. The largest absolute Gasteiger partial charge is 0.372 e. The number of benzene rings is 3. The van der Waals surface area contributed by atoms with E-state index in [9.17, 15) is 9.18 Å². The lowest BCUT2D eigenvalue weighted by molar-refractivity contribution is -0.123. The van der Waals surface area contributed by atoms with Crippen molar-refractivity contribution in [1.82, 2.24) is 4.90 Å². The molecule has 0 heterocycles. The fourth-order valence-electron chi connectivity index (χ4n) is 4.01. The average Bonchev–Trinajstić information content (AvgIpc) is 2.83. The first-order valence-corrected chi connectivity index (χ1v) is 11.5. The van der Waals surface area contributed by atoms with Crippen molar-refractivity contribution in [2.24, 2.45) is 0 Å². The van der Waals surface area contributed by atoms with Gasteiger partial charge in [-0.3, -0.25) is 9.69 Å². The van der Waals surface area contributed by atoms with E-state index in [0.717, 1.165) is 24.2 Å². The summed E-state index contributed by atoms with van der Waals surface area (Å²) >= 11 is 0. The third kappa shape index (κ3) is 6.42. The standard InChI is InChI=1S/C28H34FN3O/c1-5-31(6-2)25-16-12-23(13-17-25)21-32(26-18-14-24(29)15-19-26)28(33)27(30(3)4)20-22-10-8-7-9-11-22/h7-19,27H,5-6,20-21H2,1-4H3. The SMILES string of the molecule is CCN(CC)c1ccc(CN(C(=O)C(Cc2ccccc2)N(C)C)c2ccc(F)cc2)cc1. The molecule has 0 fully saturated rings. The van der Waals surface area contributed by atoms with Crippen LogP contribution in [0.3, 0.4) is 0 Å². The summed E-state index contributed by atoms with van der Waals surface area (Å²) in [5.41, 5.74) is 3.99.